The second kappa shape index (κ2) is 8.29. The zero-order valence-electron chi connectivity index (χ0n) is 14.0. The Morgan fingerprint density at radius 2 is 2.00 bits per heavy atom. The Labute approximate surface area is 165 Å². The average molecular weight is 405 g/mol. The van der Waals surface area contributed by atoms with Crippen LogP contribution in [-0.2, 0) is 9.53 Å². The minimum absolute atomic E-state index is 0.116. The second-order valence-corrected chi connectivity index (χ2v) is 6.37. The molecule has 1 aliphatic rings. The summed E-state index contributed by atoms with van der Waals surface area (Å²) in [5, 5.41) is 0.905. The SMILES string of the molecule is C=CCOC(=O)COc1ccc2c(c1)OC(=Cc1ccc(Cl)cc1Cl)C2=O. The third-order valence-corrected chi connectivity index (χ3v) is 4.17. The molecule has 0 bridgehead atoms. The molecule has 0 amide bonds. The van der Waals surface area contributed by atoms with Crippen molar-refractivity contribution in [3.63, 3.8) is 0 Å². The molecule has 0 radical (unpaired) electrons. The van der Waals surface area contributed by atoms with Gasteiger partial charge in [0.25, 0.3) is 0 Å². The number of allylic oxidation sites excluding steroid dienone is 1. The number of esters is 1. The Bertz CT molecular complexity index is 949. The van der Waals surface area contributed by atoms with Crippen molar-refractivity contribution in [2.75, 3.05) is 13.2 Å². The first-order chi connectivity index (χ1) is 13.0. The number of hydrogen-bond acceptors (Lipinski definition) is 5. The second-order valence-electron chi connectivity index (χ2n) is 5.52. The third-order valence-electron chi connectivity index (χ3n) is 3.61. The van der Waals surface area contributed by atoms with Crippen molar-refractivity contribution in [2.24, 2.45) is 0 Å². The monoisotopic (exact) mass is 404 g/mol. The van der Waals surface area contributed by atoms with Gasteiger partial charge in [0.15, 0.2) is 12.4 Å². The van der Waals surface area contributed by atoms with Crippen LogP contribution in [0.4, 0.5) is 0 Å². The molecule has 2 aromatic rings. The van der Waals surface area contributed by atoms with Crippen LogP contribution in [-0.4, -0.2) is 25.0 Å². The highest BCUT2D eigenvalue weighted by Gasteiger charge is 2.28. The number of benzene rings is 2. The van der Waals surface area contributed by atoms with E-state index in [4.69, 9.17) is 37.4 Å². The molecule has 0 aromatic heterocycles. The first-order valence-electron chi connectivity index (χ1n) is 7.90. The van der Waals surface area contributed by atoms with Gasteiger partial charge in [-0.25, -0.2) is 4.79 Å². The maximum atomic E-state index is 12.5. The topological polar surface area (TPSA) is 61.8 Å². The van der Waals surface area contributed by atoms with Gasteiger partial charge in [0, 0.05) is 16.1 Å². The van der Waals surface area contributed by atoms with E-state index in [0.29, 0.717) is 32.7 Å². The van der Waals surface area contributed by atoms with E-state index in [1.165, 1.54) is 6.08 Å². The molecule has 0 unspecified atom stereocenters. The van der Waals surface area contributed by atoms with Crippen LogP contribution in [0, 0.1) is 0 Å². The average Bonchev–Trinajstić information content (AvgIpc) is 2.95. The lowest BCUT2D eigenvalue weighted by Crippen LogP contribution is -2.14. The lowest BCUT2D eigenvalue weighted by atomic mass is 10.1. The minimum atomic E-state index is -0.523. The highest BCUT2D eigenvalue weighted by molar-refractivity contribution is 6.35. The summed E-state index contributed by atoms with van der Waals surface area (Å²) in [7, 11) is 0. The Balaban J connectivity index is 1.74. The molecule has 138 valence electrons. The molecule has 2 aromatic carbocycles. The van der Waals surface area contributed by atoms with Crippen molar-refractivity contribution in [1.29, 1.82) is 0 Å². The number of ether oxygens (including phenoxy) is 3. The van der Waals surface area contributed by atoms with Crippen LogP contribution in [0.5, 0.6) is 11.5 Å². The molecule has 27 heavy (non-hydrogen) atoms. The fraction of sp³-hybridized carbons (Fsp3) is 0.100. The Morgan fingerprint density at radius 3 is 2.74 bits per heavy atom. The van der Waals surface area contributed by atoms with Gasteiger partial charge in [0.2, 0.25) is 5.78 Å². The van der Waals surface area contributed by atoms with Gasteiger partial charge in [-0.3, -0.25) is 4.79 Å². The molecular weight excluding hydrogens is 391 g/mol. The van der Waals surface area contributed by atoms with Gasteiger partial charge in [-0.05, 0) is 35.9 Å². The van der Waals surface area contributed by atoms with Crippen molar-refractivity contribution < 1.29 is 23.8 Å². The van der Waals surface area contributed by atoms with Crippen molar-refractivity contribution in [3.8, 4) is 11.5 Å². The van der Waals surface area contributed by atoms with E-state index in [-0.39, 0.29) is 24.8 Å². The standard InChI is InChI=1S/C20H14Cl2O5/c1-2-7-25-19(23)11-26-14-5-6-15-17(10-14)27-18(20(15)24)8-12-3-4-13(21)9-16(12)22/h2-6,8-10H,1,7,11H2. The summed E-state index contributed by atoms with van der Waals surface area (Å²) in [6.45, 7) is 3.31. The molecule has 5 nitrogen and oxygen atoms in total. The smallest absolute Gasteiger partial charge is 0.344 e. The summed E-state index contributed by atoms with van der Waals surface area (Å²) in [5.41, 5.74) is 1.01. The van der Waals surface area contributed by atoms with E-state index in [1.54, 1.807) is 42.5 Å². The van der Waals surface area contributed by atoms with E-state index < -0.39 is 5.97 Å². The fourth-order valence-corrected chi connectivity index (χ4v) is 2.82. The van der Waals surface area contributed by atoms with Crippen molar-refractivity contribution in [1.82, 2.24) is 0 Å². The zero-order chi connectivity index (χ0) is 19.4. The molecule has 1 aliphatic heterocycles. The number of Topliss-reactive ketones (excluding diaryl/α,β-unsaturated/α-hetero) is 1. The molecular formula is C20H14Cl2O5. The van der Waals surface area contributed by atoms with Gasteiger partial charge >= 0.3 is 5.97 Å². The summed E-state index contributed by atoms with van der Waals surface area (Å²) in [6.07, 6.45) is 3.02. The Kier molecular flexibility index (Phi) is 5.84. The summed E-state index contributed by atoms with van der Waals surface area (Å²) >= 11 is 12.0. The van der Waals surface area contributed by atoms with Gasteiger partial charge in [-0.2, -0.15) is 0 Å². The maximum Gasteiger partial charge on any atom is 0.344 e. The van der Waals surface area contributed by atoms with Gasteiger partial charge in [0.05, 0.1) is 5.56 Å². The zero-order valence-corrected chi connectivity index (χ0v) is 15.5. The molecule has 3 rings (SSSR count). The van der Waals surface area contributed by atoms with Crippen LogP contribution in [0.15, 0.2) is 54.8 Å². The number of rotatable bonds is 6. The molecule has 0 atom stereocenters. The summed E-state index contributed by atoms with van der Waals surface area (Å²) < 4.78 is 15.8. The quantitative estimate of drug-likeness (QED) is 0.396. The molecule has 0 saturated heterocycles. The van der Waals surface area contributed by atoms with Crippen LogP contribution in [0.2, 0.25) is 10.0 Å². The number of fused-ring (bicyclic) bond motifs is 1. The van der Waals surface area contributed by atoms with Gasteiger partial charge in [-0.1, -0.05) is 41.9 Å². The number of carbonyl (C=O) groups is 2. The molecule has 0 spiro atoms. The molecule has 7 heteroatoms. The van der Waals surface area contributed by atoms with Crippen LogP contribution in [0.1, 0.15) is 15.9 Å². The normalized spacial score (nSPS) is 13.9. The number of hydrogen-bond donors (Lipinski definition) is 0. The van der Waals surface area contributed by atoms with Gasteiger partial charge in [-0.15, -0.1) is 0 Å². The van der Waals surface area contributed by atoms with Crippen LogP contribution >= 0.6 is 23.2 Å². The highest BCUT2D eigenvalue weighted by Crippen LogP contribution is 2.35. The van der Waals surface area contributed by atoms with Crippen LogP contribution in [0.3, 0.4) is 0 Å². The van der Waals surface area contributed by atoms with E-state index in [9.17, 15) is 9.59 Å². The molecule has 0 aliphatic carbocycles. The van der Waals surface area contributed by atoms with Crippen LogP contribution < -0.4 is 9.47 Å². The maximum absolute atomic E-state index is 12.5. The van der Waals surface area contributed by atoms with Crippen LogP contribution in [0.25, 0.3) is 6.08 Å². The first-order valence-corrected chi connectivity index (χ1v) is 8.66. The summed E-state index contributed by atoms with van der Waals surface area (Å²) in [5.74, 6) is 0.0613. The molecule has 0 N–H and O–H groups in total. The summed E-state index contributed by atoms with van der Waals surface area (Å²) in [6, 6.07) is 9.65. The van der Waals surface area contributed by atoms with Gasteiger partial charge < -0.3 is 14.2 Å². The number of ketones is 1. The van der Waals surface area contributed by atoms with Crippen molar-refractivity contribution in [2.45, 2.75) is 0 Å². The van der Waals surface area contributed by atoms with Gasteiger partial charge in [0.1, 0.15) is 18.1 Å². The van der Waals surface area contributed by atoms with E-state index in [2.05, 4.69) is 6.58 Å². The predicted octanol–water partition coefficient (Wildman–Crippen LogP) is 4.72. The van der Waals surface area contributed by atoms with E-state index in [0.717, 1.165) is 0 Å². The lowest BCUT2D eigenvalue weighted by molar-refractivity contribution is -0.144. The third kappa shape index (κ3) is 4.51. The minimum Gasteiger partial charge on any atom is -0.482 e. The Hall–Kier alpha value is -2.76. The largest absolute Gasteiger partial charge is 0.482 e. The first kappa shape index (κ1) is 19.0. The number of halogens is 2. The summed E-state index contributed by atoms with van der Waals surface area (Å²) in [4.78, 5) is 23.9. The fourth-order valence-electron chi connectivity index (χ4n) is 2.35. The molecule has 0 saturated carbocycles. The Morgan fingerprint density at radius 1 is 1.19 bits per heavy atom. The van der Waals surface area contributed by atoms with Crippen molar-refractivity contribution in [3.05, 3.63) is 76.0 Å². The molecule has 1 heterocycles. The highest BCUT2D eigenvalue weighted by atomic mass is 35.5. The van der Waals surface area contributed by atoms with Crippen molar-refractivity contribution >= 4 is 41.0 Å². The predicted molar refractivity (Wildman–Crippen MR) is 102 cm³/mol. The number of carbonyl (C=O) groups excluding carboxylic acids is 2. The molecule has 0 fully saturated rings. The van der Waals surface area contributed by atoms with E-state index >= 15 is 0 Å². The lowest BCUT2D eigenvalue weighted by Gasteiger charge is -2.06. The van der Waals surface area contributed by atoms with E-state index in [1.807, 2.05) is 0 Å².